The van der Waals surface area contributed by atoms with E-state index in [-0.39, 0.29) is 23.9 Å². The van der Waals surface area contributed by atoms with Gasteiger partial charge in [0.1, 0.15) is 6.04 Å². The van der Waals surface area contributed by atoms with Gasteiger partial charge in [-0.2, -0.15) is 0 Å². The fourth-order valence-corrected chi connectivity index (χ4v) is 1.72. The number of β-lactam (4-membered cyclic amide) rings is 1. The molecule has 2 atom stereocenters. The van der Waals surface area contributed by atoms with Gasteiger partial charge in [-0.15, -0.1) is 0 Å². The molecule has 1 heterocycles. The van der Waals surface area contributed by atoms with Crippen molar-refractivity contribution in [1.29, 1.82) is 0 Å². The maximum atomic E-state index is 11.6. The first-order valence-corrected chi connectivity index (χ1v) is 5.30. The number of carbonyl (C=O) groups excluding carboxylic acids is 2. The number of hydrogen-bond donors (Lipinski definition) is 2. The van der Waals surface area contributed by atoms with E-state index in [1.54, 1.807) is 0 Å². The molecule has 0 spiro atoms. The van der Waals surface area contributed by atoms with Crippen LogP contribution in [0.3, 0.4) is 0 Å². The largest absolute Gasteiger partial charge is 0.349 e. The normalized spacial score (nSPS) is 23.2. The second-order valence-corrected chi connectivity index (χ2v) is 4.00. The molecule has 0 aromatic heterocycles. The summed E-state index contributed by atoms with van der Waals surface area (Å²) in [5.74, 6) is -0.216. The lowest BCUT2D eigenvalue weighted by Crippen LogP contribution is -2.68. The minimum atomic E-state index is -0.365. The molecule has 4 heteroatoms. The van der Waals surface area contributed by atoms with Crippen molar-refractivity contribution in [2.45, 2.75) is 25.4 Å². The van der Waals surface area contributed by atoms with Crippen LogP contribution in [0.1, 0.15) is 12.5 Å². The van der Waals surface area contributed by atoms with Gasteiger partial charge in [-0.3, -0.25) is 9.59 Å². The van der Waals surface area contributed by atoms with Gasteiger partial charge < -0.3 is 10.6 Å². The monoisotopic (exact) mass is 218 g/mol. The van der Waals surface area contributed by atoms with Crippen LogP contribution >= 0.6 is 0 Å². The molecule has 0 aliphatic carbocycles. The highest BCUT2D eigenvalue weighted by atomic mass is 16.2. The maximum absolute atomic E-state index is 11.6. The molecular weight excluding hydrogens is 204 g/mol. The Morgan fingerprint density at radius 1 is 1.38 bits per heavy atom. The van der Waals surface area contributed by atoms with Gasteiger partial charge in [-0.1, -0.05) is 30.3 Å². The third-order valence-electron chi connectivity index (χ3n) is 2.68. The molecule has 1 aromatic rings. The van der Waals surface area contributed by atoms with Gasteiger partial charge in [0.15, 0.2) is 0 Å². The molecule has 0 saturated carbocycles. The first-order chi connectivity index (χ1) is 7.66. The standard InChI is InChI=1S/C12H14N2O2/c1-8-11(12(16)13-8)14-10(15)7-9-5-3-2-4-6-9/h2-6,8,11H,7H2,1H3,(H,13,16)(H,14,15)/t8?,11-/m0/s1. The van der Waals surface area contributed by atoms with Gasteiger partial charge in [-0.05, 0) is 12.5 Å². The van der Waals surface area contributed by atoms with Gasteiger partial charge in [0.05, 0.1) is 12.5 Å². The van der Waals surface area contributed by atoms with Crippen molar-refractivity contribution >= 4 is 11.8 Å². The van der Waals surface area contributed by atoms with Crippen LogP contribution in [0.4, 0.5) is 0 Å². The summed E-state index contributed by atoms with van der Waals surface area (Å²) in [6, 6.07) is 9.14. The average Bonchev–Trinajstić information content (AvgIpc) is 2.28. The Labute approximate surface area is 94.0 Å². The number of benzene rings is 1. The zero-order chi connectivity index (χ0) is 11.5. The summed E-state index contributed by atoms with van der Waals surface area (Å²) in [7, 11) is 0. The van der Waals surface area contributed by atoms with Crippen molar-refractivity contribution in [2.24, 2.45) is 0 Å². The summed E-state index contributed by atoms with van der Waals surface area (Å²) in [4.78, 5) is 22.7. The Morgan fingerprint density at radius 2 is 2.06 bits per heavy atom. The van der Waals surface area contributed by atoms with Crippen LogP contribution in [0, 0.1) is 0 Å². The highest BCUT2D eigenvalue weighted by molar-refractivity contribution is 5.93. The lowest BCUT2D eigenvalue weighted by Gasteiger charge is -2.34. The zero-order valence-electron chi connectivity index (χ0n) is 9.07. The van der Waals surface area contributed by atoms with Gasteiger partial charge in [0.25, 0.3) is 0 Å². The Bertz CT molecular complexity index is 403. The quantitative estimate of drug-likeness (QED) is 0.714. The summed E-state index contributed by atoms with van der Waals surface area (Å²) in [5, 5.41) is 5.38. The minimum Gasteiger partial charge on any atom is -0.349 e. The molecule has 1 fully saturated rings. The first kappa shape index (κ1) is 10.7. The second-order valence-electron chi connectivity index (χ2n) is 4.00. The fraction of sp³-hybridized carbons (Fsp3) is 0.333. The third-order valence-corrected chi connectivity index (χ3v) is 2.68. The molecule has 1 aliphatic rings. The van der Waals surface area contributed by atoms with Crippen LogP contribution in [0.2, 0.25) is 0 Å². The van der Waals surface area contributed by atoms with E-state index >= 15 is 0 Å². The van der Waals surface area contributed by atoms with E-state index < -0.39 is 0 Å². The molecule has 0 radical (unpaired) electrons. The van der Waals surface area contributed by atoms with E-state index in [2.05, 4.69) is 10.6 Å². The third kappa shape index (κ3) is 2.21. The van der Waals surface area contributed by atoms with Crippen LogP contribution in [0.5, 0.6) is 0 Å². The molecule has 1 unspecified atom stereocenters. The molecule has 1 aliphatic heterocycles. The molecule has 4 nitrogen and oxygen atoms in total. The van der Waals surface area contributed by atoms with E-state index in [1.807, 2.05) is 37.3 Å². The number of nitrogens with one attached hydrogen (secondary N) is 2. The molecule has 16 heavy (non-hydrogen) atoms. The molecule has 1 saturated heterocycles. The predicted octanol–water partition coefficient (Wildman–Crippen LogP) is 0.232. The molecule has 2 N–H and O–H groups in total. The minimum absolute atomic E-state index is 0.0345. The van der Waals surface area contributed by atoms with Crippen molar-refractivity contribution in [1.82, 2.24) is 10.6 Å². The van der Waals surface area contributed by atoms with E-state index in [0.29, 0.717) is 6.42 Å². The van der Waals surface area contributed by atoms with Gasteiger partial charge >= 0.3 is 0 Å². The van der Waals surface area contributed by atoms with Crippen molar-refractivity contribution < 1.29 is 9.59 Å². The van der Waals surface area contributed by atoms with Crippen LogP contribution in [-0.2, 0) is 16.0 Å². The number of hydrogen-bond acceptors (Lipinski definition) is 2. The Morgan fingerprint density at radius 3 is 2.62 bits per heavy atom. The molecule has 1 aromatic carbocycles. The number of rotatable bonds is 3. The summed E-state index contributed by atoms with van der Waals surface area (Å²) in [6.07, 6.45) is 0.317. The highest BCUT2D eigenvalue weighted by Crippen LogP contribution is 2.06. The average molecular weight is 218 g/mol. The Hall–Kier alpha value is -1.84. The van der Waals surface area contributed by atoms with Crippen LogP contribution in [0.25, 0.3) is 0 Å². The summed E-state index contributed by atoms with van der Waals surface area (Å²) < 4.78 is 0. The van der Waals surface area contributed by atoms with Crippen molar-refractivity contribution in [3.05, 3.63) is 35.9 Å². The van der Waals surface area contributed by atoms with Crippen LogP contribution in [-0.4, -0.2) is 23.9 Å². The van der Waals surface area contributed by atoms with E-state index in [1.165, 1.54) is 0 Å². The molecular formula is C12H14N2O2. The van der Waals surface area contributed by atoms with E-state index in [9.17, 15) is 9.59 Å². The van der Waals surface area contributed by atoms with Crippen LogP contribution < -0.4 is 10.6 Å². The molecule has 84 valence electrons. The van der Waals surface area contributed by atoms with Gasteiger partial charge in [0.2, 0.25) is 11.8 Å². The number of carbonyl (C=O) groups is 2. The Balaban J connectivity index is 1.87. The summed E-state index contributed by atoms with van der Waals surface area (Å²) >= 11 is 0. The summed E-state index contributed by atoms with van der Waals surface area (Å²) in [6.45, 7) is 1.87. The molecule has 2 amide bonds. The Kier molecular flexibility index (Phi) is 2.90. The lowest BCUT2D eigenvalue weighted by atomic mass is 10.0. The second kappa shape index (κ2) is 4.35. The van der Waals surface area contributed by atoms with E-state index in [0.717, 1.165) is 5.56 Å². The molecule has 2 rings (SSSR count). The van der Waals surface area contributed by atoms with Crippen molar-refractivity contribution in [3.8, 4) is 0 Å². The topological polar surface area (TPSA) is 58.2 Å². The van der Waals surface area contributed by atoms with Crippen LogP contribution in [0.15, 0.2) is 30.3 Å². The van der Waals surface area contributed by atoms with Crippen molar-refractivity contribution in [3.63, 3.8) is 0 Å². The highest BCUT2D eigenvalue weighted by Gasteiger charge is 2.36. The predicted molar refractivity (Wildman–Crippen MR) is 59.7 cm³/mol. The van der Waals surface area contributed by atoms with E-state index in [4.69, 9.17) is 0 Å². The zero-order valence-corrected chi connectivity index (χ0v) is 9.07. The molecule has 0 bridgehead atoms. The number of amides is 2. The van der Waals surface area contributed by atoms with Gasteiger partial charge in [-0.25, -0.2) is 0 Å². The maximum Gasteiger partial charge on any atom is 0.245 e. The smallest absolute Gasteiger partial charge is 0.245 e. The summed E-state index contributed by atoms with van der Waals surface area (Å²) in [5.41, 5.74) is 0.951. The fourth-order valence-electron chi connectivity index (χ4n) is 1.72. The lowest BCUT2D eigenvalue weighted by molar-refractivity contribution is -0.135. The first-order valence-electron chi connectivity index (χ1n) is 5.30. The van der Waals surface area contributed by atoms with Gasteiger partial charge in [0, 0.05) is 0 Å². The van der Waals surface area contributed by atoms with Crippen molar-refractivity contribution in [2.75, 3.05) is 0 Å². The SMILES string of the molecule is CC1NC(=O)[C@H]1NC(=O)Cc1ccccc1.